The Morgan fingerprint density at radius 3 is 2.55 bits per heavy atom. The number of aliphatic hydroxyl groups excluding tert-OH is 1. The Bertz CT molecular complexity index is 1450. The molecule has 230 valence electrons. The van der Waals surface area contributed by atoms with Gasteiger partial charge in [-0.3, -0.25) is 0 Å². The van der Waals surface area contributed by atoms with E-state index in [4.69, 9.17) is 4.74 Å². The van der Waals surface area contributed by atoms with Crippen LogP contribution in [-0.2, 0) is 14.8 Å². The maximum Gasteiger partial charge on any atom is 0.243 e. The topological polar surface area (TPSA) is 115 Å². The van der Waals surface area contributed by atoms with Crippen molar-refractivity contribution in [2.75, 3.05) is 63.9 Å². The summed E-state index contributed by atoms with van der Waals surface area (Å²) in [5.41, 5.74) is 3.67. The van der Waals surface area contributed by atoms with E-state index in [-0.39, 0.29) is 25.1 Å². The van der Waals surface area contributed by atoms with E-state index in [2.05, 4.69) is 31.7 Å². The van der Waals surface area contributed by atoms with Gasteiger partial charge in [0.2, 0.25) is 10.0 Å². The molecule has 0 bridgehead atoms. The molecule has 1 spiro atoms. The average Bonchev–Trinajstić information content (AvgIpc) is 3.34. The van der Waals surface area contributed by atoms with Crippen LogP contribution in [0.3, 0.4) is 0 Å². The van der Waals surface area contributed by atoms with Gasteiger partial charge in [-0.2, -0.15) is 4.31 Å². The Morgan fingerprint density at radius 2 is 1.83 bits per heavy atom. The van der Waals surface area contributed by atoms with Crippen molar-refractivity contribution in [2.45, 2.75) is 64.4 Å². The van der Waals surface area contributed by atoms with E-state index in [0.717, 1.165) is 67.9 Å². The lowest BCUT2D eigenvalue weighted by molar-refractivity contribution is 0.0248. The highest BCUT2D eigenvalue weighted by Gasteiger charge is 2.40. The van der Waals surface area contributed by atoms with Crippen molar-refractivity contribution in [2.24, 2.45) is 5.41 Å². The summed E-state index contributed by atoms with van der Waals surface area (Å²) in [6.07, 6.45) is 7.22. The summed E-state index contributed by atoms with van der Waals surface area (Å²) in [5, 5.41) is 12.4. The second-order valence-corrected chi connectivity index (χ2v) is 14.0. The van der Waals surface area contributed by atoms with E-state index < -0.39 is 16.1 Å². The molecule has 2 aliphatic heterocycles. The highest BCUT2D eigenvalue weighted by Crippen LogP contribution is 2.41. The number of aromatic nitrogens is 3. The number of hydrogen-bond donors (Lipinski definition) is 2. The third kappa shape index (κ3) is 6.50. The molecule has 0 saturated carbocycles. The van der Waals surface area contributed by atoms with Gasteiger partial charge in [-0.1, -0.05) is 18.2 Å². The van der Waals surface area contributed by atoms with Crippen molar-refractivity contribution in [3.63, 3.8) is 0 Å². The molecule has 0 unspecified atom stereocenters. The van der Waals surface area contributed by atoms with Crippen LogP contribution in [-0.4, -0.2) is 103 Å². The Hall–Kier alpha value is -2.57. The van der Waals surface area contributed by atoms with E-state index in [1.165, 1.54) is 10.7 Å². The first kappa shape index (κ1) is 30.9. The smallest absolute Gasteiger partial charge is 0.243 e. The maximum atomic E-state index is 13.8. The summed E-state index contributed by atoms with van der Waals surface area (Å²) < 4.78 is 34.5. The average molecular weight is 599 g/mol. The number of anilines is 1. The Kier molecular flexibility index (Phi) is 9.53. The molecule has 1 aromatic carbocycles. The Labute approximate surface area is 250 Å². The number of H-pyrrole nitrogens is 1. The van der Waals surface area contributed by atoms with Gasteiger partial charge in [0, 0.05) is 52.1 Å². The molecule has 2 aromatic heterocycles. The summed E-state index contributed by atoms with van der Waals surface area (Å²) in [5.74, 6) is 1.01. The summed E-state index contributed by atoms with van der Waals surface area (Å²) in [7, 11) is -3.80. The molecular formula is C31H46N6O4S. The number of piperidine rings is 2. The van der Waals surface area contributed by atoms with Crippen molar-refractivity contribution >= 4 is 26.9 Å². The van der Waals surface area contributed by atoms with Gasteiger partial charge >= 0.3 is 0 Å². The number of ether oxygens (including phenoxy) is 1. The van der Waals surface area contributed by atoms with Crippen molar-refractivity contribution in [1.82, 2.24) is 24.2 Å². The minimum Gasteiger partial charge on any atom is -0.390 e. The predicted molar refractivity (Wildman–Crippen MR) is 165 cm³/mol. The molecule has 0 aliphatic carbocycles. The number of hydrogen-bond acceptors (Lipinski definition) is 8. The van der Waals surface area contributed by atoms with Crippen LogP contribution in [0.15, 0.2) is 35.6 Å². The predicted octanol–water partition coefficient (Wildman–Crippen LogP) is 3.65. The number of β-amino-alcohol motifs (C(OH)–C–C–N with tert-alkyl or cyclic N) is 1. The van der Waals surface area contributed by atoms with Crippen LogP contribution in [0.4, 0.5) is 5.82 Å². The third-order valence-corrected chi connectivity index (χ3v) is 11.3. The van der Waals surface area contributed by atoms with Gasteiger partial charge in [-0.25, -0.2) is 18.4 Å². The van der Waals surface area contributed by atoms with E-state index in [9.17, 15) is 13.5 Å². The van der Waals surface area contributed by atoms with Crippen LogP contribution in [0.2, 0.25) is 0 Å². The molecular weight excluding hydrogens is 552 g/mol. The summed E-state index contributed by atoms with van der Waals surface area (Å²) in [4.78, 5) is 17.3. The second-order valence-electron chi connectivity index (χ2n) is 12.2. The number of aromatic amines is 1. The number of aliphatic hydroxyl groups is 1. The normalized spacial score (nSPS) is 18.8. The van der Waals surface area contributed by atoms with Crippen molar-refractivity contribution in [3.8, 4) is 0 Å². The number of nitrogens with zero attached hydrogens (tertiary/aromatic N) is 5. The molecule has 4 heterocycles. The quantitative estimate of drug-likeness (QED) is 0.322. The van der Waals surface area contributed by atoms with Crippen LogP contribution in [0.25, 0.3) is 11.0 Å². The van der Waals surface area contributed by atoms with E-state index >= 15 is 0 Å². The maximum absolute atomic E-state index is 13.8. The summed E-state index contributed by atoms with van der Waals surface area (Å²) in [6.45, 7) is 12.8. The van der Waals surface area contributed by atoms with Crippen LogP contribution >= 0.6 is 0 Å². The first-order valence-corrected chi connectivity index (χ1v) is 16.7. The summed E-state index contributed by atoms with van der Waals surface area (Å²) >= 11 is 0. The van der Waals surface area contributed by atoms with Crippen molar-refractivity contribution < 1.29 is 18.3 Å². The first-order valence-electron chi connectivity index (χ1n) is 15.2. The standard InChI is InChI=1S/C31H46N6O4S/c1-5-41-17-16-37(42(39,40)28-23(2)8-6-9-24(28)3)20-26(38)19-35-13-7-10-31(21-35)11-14-36(15-12-31)30-27-25(4)18-32-29(27)33-22-34-30/h6,8-9,18,22,26,38H,5,7,10-17,19-21H2,1-4H3,(H,32,33,34)/t26-/m0/s1. The van der Waals surface area contributed by atoms with Gasteiger partial charge in [0.15, 0.2) is 0 Å². The second kappa shape index (κ2) is 13.0. The number of benzene rings is 1. The molecule has 0 amide bonds. The van der Waals surface area contributed by atoms with E-state index in [0.29, 0.717) is 29.2 Å². The molecule has 2 fully saturated rings. The Balaban J connectivity index is 1.23. The summed E-state index contributed by atoms with van der Waals surface area (Å²) in [6, 6.07) is 5.51. The fourth-order valence-electron chi connectivity index (χ4n) is 6.95. The lowest BCUT2D eigenvalue weighted by Crippen LogP contribution is -2.52. The van der Waals surface area contributed by atoms with Gasteiger partial charge in [-0.05, 0) is 82.0 Å². The number of aryl methyl sites for hydroxylation is 3. The van der Waals surface area contributed by atoms with E-state index in [1.54, 1.807) is 6.33 Å². The number of likely N-dealkylation sites (tertiary alicyclic amines) is 1. The fraction of sp³-hybridized carbons (Fsp3) is 0.613. The molecule has 2 N–H and O–H groups in total. The molecule has 11 heteroatoms. The molecule has 1 atom stereocenters. The number of rotatable bonds is 11. The van der Waals surface area contributed by atoms with Crippen molar-refractivity contribution in [3.05, 3.63) is 47.4 Å². The lowest BCUT2D eigenvalue weighted by Gasteiger charge is -2.48. The monoisotopic (exact) mass is 598 g/mol. The van der Waals surface area contributed by atoms with E-state index in [1.807, 2.05) is 45.2 Å². The largest absolute Gasteiger partial charge is 0.390 e. The van der Waals surface area contributed by atoms with Crippen LogP contribution in [0.1, 0.15) is 49.3 Å². The molecule has 10 nitrogen and oxygen atoms in total. The van der Waals surface area contributed by atoms with Crippen LogP contribution in [0, 0.1) is 26.2 Å². The Morgan fingerprint density at radius 1 is 1.10 bits per heavy atom. The molecule has 2 saturated heterocycles. The number of nitrogens with one attached hydrogen (secondary N) is 1. The van der Waals surface area contributed by atoms with Gasteiger partial charge in [0.05, 0.1) is 23.0 Å². The number of fused-ring (bicyclic) bond motifs is 1. The highest BCUT2D eigenvalue weighted by molar-refractivity contribution is 7.89. The van der Waals surface area contributed by atoms with Crippen LogP contribution < -0.4 is 4.90 Å². The minimum atomic E-state index is -3.80. The molecule has 0 radical (unpaired) electrons. The molecule has 5 rings (SSSR count). The van der Waals surface area contributed by atoms with Gasteiger partial charge in [0.25, 0.3) is 0 Å². The van der Waals surface area contributed by atoms with Crippen molar-refractivity contribution in [1.29, 1.82) is 0 Å². The van der Waals surface area contributed by atoms with Gasteiger partial charge in [-0.15, -0.1) is 0 Å². The molecule has 42 heavy (non-hydrogen) atoms. The number of sulfonamides is 1. The first-order chi connectivity index (χ1) is 20.1. The third-order valence-electron chi connectivity index (χ3n) is 9.09. The molecule has 3 aromatic rings. The van der Waals surface area contributed by atoms with Gasteiger partial charge < -0.3 is 24.6 Å². The molecule has 2 aliphatic rings. The minimum absolute atomic E-state index is 0.0419. The van der Waals surface area contributed by atoms with Gasteiger partial charge in [0.1, 0.15) is 17.8 Å². The SMILES string of the molecule is CCOCCN(C[C@@H](O)CN1CCCC2(CCN(c3ncnc4[nH]cc(C)c34)CC2)C1)S(=O)(=O)c1c(C)cccc1C. The van der Waals surface area contributed by atoms with Crippen LogP contribution in [0.5, 0.6) is 0 Å². The zero-order valence-electron chi connectivity index (χ0n) is 25.5. The fourth-order valence-corrected chi connectivity index (χ4v) is 8.84. The lowest BCUT2D eigenvalue weighted by atomic mass is 9.72. The highest BCUT2D eigenvalue weighted by atomic mass is 32.2. The zero-order valence-corrected chi connectivity index (χ0v) is 26.3. The zero-order chi connectivity index (χ0) is 29.9.